The number of carbonyl (C=O) groups excluding carboxylic acids is 3. The highest BCUT2D eigenvalue weighted by molar-refractivity contribution is 6.43. The van der Waals surface area contributed by atoms with Gasteiger partial charge in [-0.3, -0.25) is 4.90 Å². The molecular weight excluding hydrogens is 739 g/mol. The van der Waals surface area contributed by atoms with Crippen LogP contribution in [0.5, 0.6) is 11.5 Å². The van der Waals surface area contributed by atoms with Crippen LogP contribution in [0.1, 0.15) is 54.4 Å². The molecule has 2 heterocycles. The molecule has 17 heteroatoms. The van der Waals surface area contributed by atoms with Gasteiger partial charge in [-0.25, -0.2) is 29.3 Å². The SMILES string of the molecule is COc1cc(OC)c(Cl)c(N(C(=O)OC(C)(C)C)C(=O)N(C)c2cc(N(C(=O)OC(C)(C)C)c3ccc(N4CCC(N(C)C)CC4)cc3N)ncn2)c1Cl. The molecule has 1 aliphatic heterocycles. The van der Waals surface area contributed by atoms with Gasteiger partial charge in [0.25, 0.3) is 0 Å². The van der Waals surface area contributed by atoms with Gasteiger partial charge in [0.15, 0.2) is 0 Å². The highest BCUT2D eigenvalue weighted by Gasteiger charge is 2.37. The molecule has 0 radical (unpaired) electrons. The summed E-state index contributed by atoms with van der Waals surface area (Å²) in [6, 6.07) is 7.76. The summed E-state index contributed by atoms with van der Waals surface area (Å²) in [6.45, 7) is 11.8. The summed E-state index contributed by atoms with van der Waals surface area (Å²) >= 11 is 13.4. The van der Waals surface area contributed by atoms with Gasteiger partial charge in [-0.2, -0.15) is 4.90 Å². The third-order valence-electron chi connectivity index (χ3n) is 8.43. The van der Waals surface area contributed by atoms with E-state index in [2.05, 4.69) is 33.9 Å². The van der Waals surface area contributed by atoms with Gasteiger partial charge in [-0.1, -0.05) is 23.2 Å². The Hall–Kier alpha value is -4.73. The fourth-order valence-corrected chi connectivity index (χ4v) is 6.41. The van der Waals surface area contributed by atoms with Crippen LogP contribution in [-0.4, -0.2) is 98.8 Å². The van der Waals surface area contributed by atoms with Crippen molar-refractivity contribution in [3.8, 4) is 11.5 Å². The van der Waals surface area contributed by atoms with Gasteiger partial charge in [0.1, 0.15) is 56.4 Å². The lowest BCUT2D eigenvalue weighted by Gasteiger charge is -2.37. The van der Waals surface area contributed by atoms with E-state index in [1.54, 1.807) is 47.6 Å². The number of hydrogen-bond acceptors (Lipinski definition) is 12. The normalized spacial score (nSPS) is 13.7. The van der Waals surface area contributed by atoms with Gasteiger partial charge < -0.3 is 34.5 Å². The van der Waals surface area contributed by atoms with Crippen LogP contribution in [0.25, 0.3) is 0 Å². The number of benzene rings is 2. The quantitative estimate of drug-likeness (QED) is 0.220. The number of carbonyl (C=O) groups is 3. The van der Waals surface area contributed by atoms with E-state index in [4.69, 9.17) is 47.9 Å². The van der Waals surface area contributed by atoms with Crippen LogP contribution in [0.3, 0.4) is 0 Å². The first kappa shape index (κ1) is 42.0. The Bertz CT molecular complexity index is 1830. The summed E-state index contributed by atoms with van der Waals surface area (Å²) in [6.07, 6.45) is 1.30. The lowest BCUT2D eigenvalue weighted by atomic mass is 10.0. The predicted molar refractivity (Wildman–Crippen MR) is 212 cm³/mol. The molecule has 0 unspecified atom stereocenters. The minimum atomic E-state index is -1.10. The number of ether oxygens (including phenoxy) is 4. The first-order valence-electron chi connectivity index (χ1n) is 17.2. The maximum absolute atomic E-state index is 14.4. The van der Waals surface area contributed by atoms with Crippen LogP contribution in [0.15, 0.2) is 36.7 Å². The van der Waals surface area contributed by atoms with Gasteiger partial charge in [-0.15, -0.1) is 0 Å². The summed E-state index contributed by atoms with van der Waals surface area (Å²) in [5.74, 6) is 0.170. The van der Waals surface area contributed by atoms with Crippen molar-refractivity contribution in [1.82, 2.24) is 14.9 Å². The standard InChI is InChI=1S/C37H50Cl2N8O7/c1-36(2,3)53-34(49)46(25-13-12-23(18-24(25)40)45-16-14-22(15-17-45)43(7)8)29-20-28(41-21-42-29)44(9)33(48)47(35(50)54-37(4,5)6)32-30(38)26(51-10)19-27(52-11)31(32)39/h12-13,18-22H,14-17,40H2,1-11H3. The first-order valence-corrected chi connectivity index (χ1v) is 18.0. The number of nitrogens with zero attached hydrogens (tertiary/aromatic N) is 7. The van der Waals surface area contributed by atoms with Crippen LogP contribution in [-0.2, 0) is 9.47 Å². The molecule has 0 atom stereocenters. The fraction of sp³-hybridized carbons (Fsp3) is 0.486. The van der Waals surface area contributed by atoms with E-state index in [1.165, 1.54) is 38.3 Å². The predicted octanol–water partition coefficient (Wildman–Crippen LogP) is 7.98. The topological polar surface area (TPSA) is 156 Å². The Kier molecular flexibility index (Phi) is 13.0. The maximum Gasteiger partial charge on any atom is 0.423 e. The number of urea groups is 1. The van der Waals surface area contributed by atoms with Crippen LogP contribution >= 0.6 is 23.2 Å². The molecule has 0 bridgehead atoms. The van der Waals surface area contributed by atoms with Crippen LogP contribution in [0.4, 0.5) is 48.8 Å². The molecule has 2 aromatic carbocycles. The molecule has 0 aliphatic carbocycles. The van der Waals surface area contributed by atoms with Gasteiger partial charge in [0, 0.05) is 44.0 Å². The van der Waals surface area contributed by atoms with Crippen molar-refractivity contribution in [2.45, 2.75) is 71.6 Å². The number of halogens is 2. The van der Waals surface area contributed by atoms with Crippen molar-refractivity contribution in [2.75, 3.05) is 73.8 Å². The van der Waals surface area contributed by atoms with Crippen molar-refractivity contribution < 1.29 is 33.3 Å². The van der Waals surface area contributed by atoms with Crippen LogP contribution < -0.4 is 34.8 Å². The number of piperidine rings is 1. The Morgan fingerprint density at radius 2 is 1.35 bits per heavy atom. The third-order valence-corrected chi connectivity index (χ3v) is 9.16. The molecule has 1 aliphatic rings. The third kappa shape index (κ3) is 9.68. The zero-order chi connectivity index (χ0) is 40.3. The monoisotopic (exact) mass is 788 g/mol. The average molecular weight is 790 g/mol. The van der Waals surface area contributed by atoms with E-state index in [-0.39, 0.29) is 38.9 Å². The number of anilines is 6. The van der Waals surface area contributed by atoms with E-state index in [1.807, 2.05) is 12.1 Å². The van der Waals surface area contributed by atoms with Crippen molar-refractivity contribution >= 4 is 75.8 Å². The van der Waals surface area contributed by atoms with Crippen molar-refractivity contribution in [2.24, 2.45) is 0 Å². The van der Waals surface area contributed by atoms with Gasteiger partial charge in [-0.05, 0) is 86.7 Å². The minimum Gasteiger partial charge on any atom is -0.495 e. The molecule has 1 saturated heterocycles. The Morgan fingerprint density at radius 3 is 1.85 bits per heavy atom. The lowest BCUT2D eigenvalue weighted by molar-refractivity contribution is 0.0584. The summed E-state index contributed by atoms with van der Waals surface area (Å²) in [5.41, 5.74) is 6.02. The average Bonchev–Trinajstić information content (AvgIpc) is 3.09. The number of nitrogens with two attached hydrogens (primary N) is 1. The zero-order valence-electron chi connectivity index (χ0n) is 32.7. The van der Waals surface area contributed by atoms with Crippen LogP contribution in [0.2, 0.25) is 10.0 Å². The van der Waals surface area contributed by atoms with E-state index in [0.29, 0.717) is 22.3 Å². The smallest absolute Gasteiger partial charge is 0.423 e. The fourth-order valence-electron chi connectivity index (χ4n) is 5.74. The number of amides is 4. The molecule has 54 heavy (non-hydrogen) atoms. The lowest BCUT2D eigenvalue weighted by Crippen LogP contribution is -2.48. The highest BCUT2D eigenvalue weighted by atomic mass is 35.5. The largest absolute Gasteiger partial charge is 0.495 e. The van der Waals surface area contributed by atoms with Crippen molar-refractivity contribution in [1.29, 1.82) is 0 Å². The number of hydrogen-bond donors (Lipinski definition) is 1. The van der Waals surface area contributed by atoms with E-state index >= 15 is 0 Å². The molecule has 4 amide bonds. The maximum atomic E-state index is 14.4. The molecule has 294 valence electrons. The van der Waals surface area contributed by atoms with Crippen molar-refractivity contribution in [3.63, 3.8) is 0 Å². The molecule has 4 rings (SSSR count). The van der Waals surface area contributed by atoms with Crippen molar-refractivity contribution in [3.05, 3.63) is 46.7 Å². The first-order chi connectivity index (χ1) is 25.2. The number of aromatic nitrogens is 2. The van der Waals surface area contributed by atoms with E-state index in [0.717, 1.165) is 42.8 Å². The summed E-state index contributed by atoms with van der Waals surface area (Å²) in [4.78, 5) is 58.2. The molecule has 2 N–H and O–H groups in total. The summed E-state index contributed by atoms with van der Waals surface area (Å²) < 4.78 is 22.2. The molecule has 0 saturated carbocycles. The number of nitrogen functional groups attached to an aromatic ring is 1. The highest BCUT2D eigenvalue weighted by Crippen LogP contribution is 2.47. The Morgan fingerprint density at radius 1 is 0.815 bits per heavy atom. The second kappa shape index (κ2) is 16.7. The van der Waals surface area contributed by atoms with Gasteiger partial charge in [0.05, 0.1) is 25.6 Å². The second-order valence-electron chi connectivity index (χ2n) is 14.9. The molecule has 15 nitrogen and oxygen atoms in total. The van der Waals surface area contributed by atoms with Gasteiger partial charge in [0.2, 0.25) is 0 Å². The van der Waals surface area contributed by atoms with E-state index < -0.39 is 29.4 Å². The minimum absolute atomic E-state index is 0.0202. The van der Waals surface area contributed by atoms with Crippen LogP contribution in [0, 0.1) is 0 Å². The molecular formula is C37H50Cl2N8O7. The molecule has 3 aromatic rings. The van der Waals surface area contributed by atoms with E-state index in [9.17, 15) is 14.4 Å². The summed E-state index contributed by atoms with van der Waals surface area (Å²) in [7, 11) is 8.26. The Labute approximate surface area is 326 Å². The number of rotatable bonds is 8. The van der Waals surface area contributed by atoms with Gasteiger partial charge >= 0.3 is 18.2 Å². The molecule has 1 aromatic heterocycles. The zero-order valence-corrected chi connectivity index (χ0v) is 34.2. The molecule has 0 spiro atoms. The number of methoxy groups -OCH3 is 2. The Balaban J connectivity index is 1.78. The number of imide groups is 1. The second-order valence-corrected chi connectivity index (χ2v) is 15.6. The molecule has 1 fully saturated rings. The summed E-state index contributed by atoms with van der Waals surface area (Å²) in [5, 5.41) is -0.312.